The Morgan fingerprint density at radius 1 is 1.10 bits per heavy atom. The number of hydrogen-bond donors (Lipinski definition) is 0. The fourth-order valence-electron chi connectivity index (χ4n) is 3.88. The van der Waals surface area contributed by atoms with Gasteiger partial charge in [0.15, 0.2) is 18.1 Å². The third-order valence-electron chi connectivity index (χ3n) is 5.71. The van der Waals surface area contributed by atoms with Gasteiger partial charge in [-0.25, -0.2) is 4.98 Å². The number of amides is 1. The van der Waals surface area contributed by atoms with Crippen LogP contribution in [0.25, 0.3) is 11.1 Å². The molecule has 156 valence electrons. The molecule has 6 nitrogen and oxygen atoms in total. The van der Waals surface area contributed by atoms with Crippen LogP contribution >= 0.6 is 0 Å². The van der Waals surface area contributed by atoms with Crippen molar-refractivity contribution in [2.45, 2.75) is 38.0 Å². The average Bonchev–Trinajstić information content (AvgIpc) is 3.22. The van der Waals surface area contributed by atoms with Gasteiger partial charge < -0.3 is 14.1 Å². The van der Waals surface area contributed by atoms with Gasteiger partial charge in [0.25, 0.3) is 5.91 Å². The first-order chi connectivity index (χ1) is 14.6. The smallest absolute Gasteiger partial charge is 0.306 e. The maximum atomic E-state index is 12.5. The van der Waals surface area contributed by atoms with Gasteiger partial charge in [0.1, 0.15) is 5.52 Å². The Hall–Kier alpha value is -3.15. The molecular weight excluding hydrogens is 380 g/mol. The number of benzene rings is 2. The van der Waals surface area contributed by atoms with Crippen LogP contribution in [0.4, 0.5) is 0 Å². The predicted octanol–water partition coefficient (Wildman–Crippen LogP) is 4.27. The zero-order valence-corrected chi connectivity index (χ0v) is 17.1. The van der Waals surface area contributed by atoms with Crippen LogP contribution in [0.15, 0.2) is 59.0 Å². The molecule has 2 heterocycles. The lowest BCUT2D eigenvalue weighted by molar-refractivity contribution is -0.152. The Kier molecular flexibility index (Phi) is 6.12. The highest BCUT2D eigenvalue weighted by Crippen LogP contribution is 2.30. The Morgan fingerprint density at radius 3 is 2.53 bits per heavy atom. The number of nitrogens with zero attached hydrogens (tertiary/aromatic N) is 2. The van der Waals surface area contributed by atoms with Crippen LogP contribution in [0.5, 0.6) is 0 Å². The van der Waals surface area contributed by atoms with Crippen molar-refractivity contribution in [1.82, 2.24) is 9.88 Å². The van der Waals surface area contributed by atoms with Crippen molar-refractivity contribution in [2.75, 3.05) is 19.7 Å². The normalized spacial score (nSPS) is 15.8. The summed E-state index contributed by atoms with van der Waals surface area (Å²) in [4.78, 5) is 30.9. The molecule has 0 bridgehead atoms. The number of carbonyl (C=O) groups excluding carboxylic acids is 2. The van der Waals surface area contributed by atoms with E-state index in [1.54, 1.807) is 4.90 Å². The largest absolute Gasteiger partial charge is 0.456 e. The summed E-state index contributed by atoms with van der Waals surface area (Å²) in [6.07, 6.45) is 1.84. The predicted molar refractivity (Wildman–Crippen MR) is 113 cm³/mol. The van der Waals surface area contributed by atoms with Crippen molar-refractivity contribution < 1.29 is 18.7 Å². The minimum atomic E-state index is -0.346. The second-order valence-electron chi connectivity index (χ2n) is 7.85. The van der Waals surface area contributed by atoms with Gasteiger partial charge >= 0.3 is 5.97 Å². The number of rotatable bonds is 6. The first kappa shape index (κ1) is 20.1. The third-order valence-corrected chi connectivity index (χ3v) is 5.71. The number of likely N-dealkylation sites (tertiary alicyclic amines) is 1. The van der Waals surface area contributed by atoms with E-state index in [-0.39, 0.29) is 36.7 Å². The summed E-state index contributed by atoms with van der Waals surface area (Å²) in [7, 11) is 0. The molecule has 6 heteroatoms. The first-order valence-electron chi connectivity index (χ1n) is 10.4. The zero-order chi connectivity index (χ0) is 20.9. The van der Waals surface area contributed by atoms with Gasteiger partial charge in [-0.3, -0.25) is 9.59 Å². The van der Waals surface area contributed by atoms with E-state index in [0.29, 0.717) is 13.1 Å². The quantitative estimate of drug-likeness (QED) is 0.572. The van der Waals surface area contributed by atoms with E-state index in [2.05, 4.69) is 4.98 Å². The average molecular weight is 406 g/mol. The molecule has 1 aromatic heterocycles. The molecule has 30 heavy (non-hydrogen) atoms. The summed E-state index contributed by atoms with van der Waals surface area (Å²) in [6, 6.07) is 17.6. The number of oxazole rings is 1. The molecule has 1 fully saturated rings. The highest BCUT2D eigenvalue weighted by Gasteiger charge is 2.27. The van der Waals surface area contributed by atoms with Crippen molar-refractivity contribution in [3.05, 3.63) is 66.1 Å². The van der Waals surface area contributed by atoms with Gasteiger partial charge in [-0.2, -0.15) is 0 Å². The van der Waals surface area contributed by atoms with Crippen molar-refractivity contribution in [2.24, 2.45) is 0 Å². The first-order valence-corrected chi connectivity index (χ1v) is 10.4. The van der Waals surface area contributed by atoms with E-state index < -0.39 is 0 Å². The number of carbonyl (C=O) groups is 2. The van der Waals surface area contributed by atoms with E-state index in [0.717, 1.165) is 35.4 Å². The van der Waals surface area contributed by atoms with Crippen LogP contribution in [0, 0.1) is 0 Å². The summed E-state index contributed by atoms with van der Waals surface area (Å²) in [6.45, 7) is 3.00. The highest BCUT2D eigenvalue weighted by atomic mass is 16.5. The van der Waals surface area contributed by atoms with Gasteiger partial charge in [0.05, 0.1) is 6.42 Å². The summed E-state index contributed by atoms with van der Waals surface area (Å²) < 4.78 is 11.1. The van der Waals surface area contributed by atoms with Crippen LogP contribution in [0.3, 0.4) is 0 Å². The fraction of sp³-hybridized carbons (Fsp3) is 0.375. The topological polar surface area (TPSA) is 72.6 Å². The number of ether oxygens (including phenoxy) is 1. The van der Waals surface area contributed by atoms with Gasteiger partial charge in [0, 0.05) is 19.0 Å². The maximum Gasteiger partial charge on any atom is 0.306 e. The highest BCUT2D eigenvalue weighted by molar-refractivity contribution is 5.81. The molecule has 4 rings (SSSR count). The molecule has 3 aromatic rings. The molecule has 0 radical (unpaired) electrons. The number of fused-ring (bicyclic) bond motifs is 1. The number of hydrogen-bond acceptors (Lipinski definition) is 5. The van der Waals surface area contributed by atoms with Crippen LogP contribution in [-0.2, 0) is 14.3 Å². The van der Waals surface area contributed by atoms with Gasteiger partial charge in [-0.1, -0.05) is 49.4 Å². The Bertz CT molecular complexity index is 973. The molecular formula is C24H26N2O4. The molecule has 0 aliphatic carbocycles. The molecule has 1 saturated heterocycles. The molecule has 1 aliphatic rings. The fourth-order valence-corrected chi connectivity index (χ4v) is 3.88. The van der Waals surface area contributed by atoms with Crippen molar-refractivity contribution in [3.63, 3.8) is 0 Å². The van der Waals surface area contributed by atoms with Gasteiger partial charge in [0.2, 0.25) is 0 Å². The van der Waals surface area contributed by atoms with Crippen LogP contribution in [0.1, 0.15) is 49.5 Å². The number of piperidine rings is 1. The third kappa shape index (κ3) is 4.70. The second kappa shape index (κ2) is 9.11. The second-order valence-corrected chi connectivity index (χ2v) is 7.85. The number of esters is 1. The Labute approximate surface area is 175 Å². The molecule has 1 amide bonds. The van der Waals surface area contributed by atoms with Crippen molar-refractivity contribution in [1.29, 1.82) is 0 Å². The lowest BCUT2D eigenvalue weighted by Crippen LogP contribution is -2.40. The summed E-state index contributed by atoms with van der Waals surface area (Å²) in [5.74, 6) is 0.508. The van der Waals surface area contributed by atoms with Gasteiger partial charge in [-0.15, -0.1) is 0 Å². The molecule has 0 saturated carbocycles. The van der Waals surface area contributed by atoms with E-state index >= 15 is 0 Å². The number of aromatic nitrogens is 1. The maximum absolute atomic E-state index is 12.5. The van der Waals surface area contributed by atoms with Crippen LogP contribution < -0.4 is 0 Å². The number of para-hydroxylation sites is 2. The Morgan fingerprint density at radius 2 is 1.80 bits per heavy atom. The molecule has 1 aliphatic heterocycles. The SMILES string of the molecule is C[C@@H](CC(=O)OCC(=O)N1CCC(c2nc3ccccc3o2)CC1)c1ccccc1. The minimum absolute atomic E-state index is 0.0563. The zero-order valence-electron chi connectivity index (χ0n) is 17.1. The van der Waals surface area contributed by atoms with Crippen LogP contribution in [-0.4, -0.2) is 41.5 Å². The molecule has 1 atom stereocenters. The van der Waals surface area contributed by atoms with E-state index in [1.165, 1.54) is 0 Å². The molecule has 0 spiro atoms. The van der Waals surface area contributed by atoms with Crippen molar-refractivity contribution in [3.8, 4) is 0 Å². The minimum Gasteiger partial charge on any atom is -0.456 e. The summed E-state index contributed by atoms with van der Waals surface area (Å²) in [5, 5.41) is 0. The standard InChI is InChI=1S/C24H26N2O4/c1-17(18-7-3-2-4-8-18)15-23(28)29-16-22(27)26-13-11-19(12-14-26)24-25-20-9-5-6-10-21(20)30-24/h2-10,17,19H,11-16H2,1H3/t17-/m0/s1. The molecule has 0 N–H and O–H groups in total. The monoisotopic (exact) mass is 406 g/mol. The van der Waals surface area contributed by atoms with Crippen molar-refractivity contribution >= 4 is 23.0 Å². The lowest BCUT2D eigenvalue weighted by Gasteiger charge is -2.30. The summed E-state index contributed by atoms with van der Waals surface area (Å²) in [5.41, 5.74) is 2.74. The van der Waals surface area contributed by atoms with E-state index in [9.17, 15) is 9.59 Å². The molecule has 2 aromatic carbocycles. The Balaban J connectivity index is 1.23. The van der Waals surface area contributed by atoms with E-state index in [4.69, 9.17) is 9.15 Å². The lowest BCUT2D eigenvalue weighted by atomic mass is 9.97. The molecule has 0 unspecified atom stereocenters. The van der Waals surface area contributed by atoms with E-state index in [1.807, 2.05) is 61.5 Å². The van der Waals surface area contributed by atoms with Crippen LogP contribution in [0.2, 0.25) is 0 Å². The summed E-state index contributed by atoms with van der Waals surface area (Å²) >= 11 is 0. The van der Waals surface area contributed by atoms with Gasteiger partial charge in [-0.05, 0) is 36.5 Å².